The lowest BCUT2D eigenvalue weighted by molar-refractivity contribution is -0.142. The van der Waals surface area contributed by atoms with Crippen LogP contribution in [0.2, 0.25) is 0 Å². The Kier molecular flexibility index (Phi) is 2.48. The average Bonchev–Trinajstić information content (AvgIpc) is 2.55. The largest absolute Gasteiger partial charge is 0.480 e. The van der Waals surface area contributed by atoms with E-state index in [9.17, 15) is 13.6 Å². The third-order valence-corrected chi connectivity index (χ3v) is 3.03. The molecule has 1 N–H and O–H groups in total. The van der Waals surface area contributed by atoms with Crippen LogP contribution in [-0.4, -0.2) is 26.8 Å². The van der Waals surface area contributed by atoms with E-state index in [4.69, 9.17) is 5.11 Å². The van der Waals surface area contributed by atoms with Crippen molar-refractivity contribution < 1.29 is 18.7 Å². The van der Waals surface area contributed by atoms with E-state index in [1.165, 1.54) is 17.1 Å². The van der Waals surface area contributed by atoms with E-state index in [2.05, 4.69) is 5.10 Å². The molecule has 6 heteroatoms. The second-order valence-electron chi connectivity index (χ2n) is 4.94. The lowest BCUT2D eigenvalue weighted by atomic mass is 9.99. The molecule has 1 saturated carbocycles. The number of aromatic nitrogens is 2. The predicted molar refractivity (Wildman–Crippen MR) is 55.9 cm³/mol. The van der Waals surface area contributed by atoms with Crippen molar-refractivity contribution in [1.82, 2.24) is 9.78 Å². The zero-order valence-corrected chi connectivity index (χ0v) is 9.65. The van der Waals surface area contributed by atoms with Gasteiger partial charge < -0.3 is 5.11 Å². The molecular formula is C11H14F2N2O2. The van der Waals surface area contributed by atoms with Gasteiger partial charge in [0, 0.05) is 24.7 Å². The van der Waals surface area contributed by atoms with Gasteiger partial charge in [-0.3, -0.25) is 9.48 Å². The first-order valence-corrected chi connectivity index (χ1v) is 5.44. The molecule has 94 valence electrons. The number of alkyl halides is 2. The van der Waals surface area contributed by atoms with Crippen molar-refractivity contribution in [2.75, 3.05) is 0 Å². The minimum absolute atomic E-state index is 0.0932. The molecule has 1 aromatic heterocycles. The quantitative estimate of drug-likeness (QED) is 0.880. The molecule has 1 atom stereocenters. The van der Waals surface area contributed by atoms with Crippen molar-refractivity contribution in [3.63, 3.8) is 0 Å². The molecule has 0 amide bonds. The van der Waals surface area contributed by atoms with E-state index in [0.717, 1.165) is 0 Å². The summed E-state index contributed by atoms with van der Waals surface area (Å²) in [6.45, 7) is 4.53. The Bertz CT molecular complexity index is 456. The summed E-state index contributed by atoms with van der Waals surface area (Å²) < 4.78 is 28.0. The van der Waals surface area contributed by atoms with Gasteiger partial charge in [0.25, 0.3) is 5.92 Å². The Labute approximate surface area is 97.2 Å². The standard InChI is InChI=1S/C11H14F2N2O2/c1-7(2)4-15-5-8(3-14-15)10(9(16)17)6-11(10,12)13/h3,5,7H,4,6H2,1-2H3,(H,16,17). The van der Waals surface area contributed by atoms with Gasteiger partial charge >= 0.3 is 5.97 Å². The molecule has 0 aliphatic heterocycles. The summed E-state index contributed by atoms with van der Waals surface area (Å²) in [5.74, 6) is -4.32. The van der Waals surface area contributed by atoms with Crippen LogP contribution in [0.3, 0.4) is 0 Å². The molecule has 2 rings (SSSR count). The van der Waals surface area contributed by atoms with Gasteiger partial charge in [0.2, 0.25) is 0 Å². The van der Waals surface area contributed by atoms with E-state index in [0.29, 0.717) is 12.5 Å². The SMILES string of the molecule is CC(C)Cn1cc(C2(C(=O)O)CC2(F)F)cn1. The second kappa shape index (κ2) is 3.51. The van der Waals surface area contributed by atoms with Crippen LogP contribution in [-0.2, 0) is 16.8 Å². The van der Waals surface area contributed by atoms with Gasteiger partial charge in [-0.05, 0) is 5.92 Å². The van der Waals surface area contributed by atoms with Crippen LogP contribution in [0.5, 0.6) is 0 Å². The number of carbonyl (C=O) groups is 1. The fraction of sp³-hybridized carbons (Fsp3) is 0.636. The molecule has 1 aliphatic rings. The maximum absolute atomic E-state index is 13.2. The molecule has 1 unspecified atom stereocenters. The highest BCUT2D eigenvalue weighted by molar-refractivity contribution is 5.87. The number of aliphatic carboxylic acids is 1. The van der Waals surface area contributed by atoms with Crippen molar-refractivity contribution in [3.05, 3.63) is 18.0 Å². The van der Waals surface area contributed by atoms with Gasteiger partial charge in [-0.1, -0.05) is 13.8 Å². The smallest absolute Gasteiger partial charge is 0.320 e. The first-order chi connectivity index (χ1) is 7.79. The summed E-state index contributed by atoms with van der Waals surface area (Å²) in [6.07, 6.45) is 2.01. The molecule has 4 nitrogen and oxygen atoms in total. The average molecular weight is 244 g/mol. The normalized spacial score (nSPS) is 26.2. The number of nitrogens with zero attached hydrogens (tertiary/aromatic N) is 2. The lowest BCUT2D eigenvalue weighted by Crippen LogP contribution is -2.26. The summed E-state index contributed by atoms with van der Waals surface area (Å²) in [4.78, 5) is 11.0. The van der Waals surface area contributed by atoms with E-state index in [-0.39, 0.29) is 5.56 Å². The summed E-state index contributed by atoms with van der Waals surface area (Å²) in [6, 6.07) is 0. The molecule has 1 heterocycles. The molecule has 0 saturated heterocycles. The van der Waals surface area contributed by atoms with Crippen LogP contribution in [0.15, 0.2) is 12.4 Å². The van der Waals surface area contributed by atoms with E-state index >= 15 is 0 Å². The zero-order chi connectivity index (χ0) is 12.8. The number of hydrogen-bond donors (Lipinski definition) is 1. The first-order valence-electron chi connectivity index (χ1n) is 5.44. The van der Waals surface area contributed by atoms with Crippen LogP contribution in [0, 0.1) is 5.92 Å². The number of hydrogen-bond acceptors (Lipinski definition) is 2. The highest BCUT2D eigenvalue weighted by atomic mass is 19.3. The maximum Gasteiger partial charge on any atom is 0.320 e. The van der Waals surface area contributed by atoms with E-state index < -0.39 is 23.7 Å². The van der Waals surface area contributed by atoms with Crippen LogP contribution in [0.25, 0.3) is 0 Å². The van der Waals surface area contributed by atoms with Crippen molar-refractivity contribution >= 4 is 5.97 Å². The molecule has 17 heavy (non-hydrogen) atoms. The molecule has 1 fully saturated rings. The van der Waals surface area contributed by atoms with Gasteiger partial charge in [0.05, 0.1) is 6.20 Å². The Balaban J connectivity index is 2.28. The van der Waals surface area contributed by atoms with Crippen LogP contribution in [0.1, 0.15) is 25.8 Å². The van der Waals surface area contributed by atoms with Gasteiger partial charge in [-0.15, -0.1) is 0 Å². The molecule has 0 aromatic carbocycles. The van der Waals surface area contributed by atoms with Crippen LogP contribution >= 0.6 is 0 Å². The Morgan fingerprint density at radius 3 is 2.65 bits per heavy atom. The number of rotatable bonds is 4. The second-order valence-corrected chi connectivity index (χ2v) is 4.94. The predicted octanol–water partition coefficient (Wildman–Crippen LogP) is 1.90. The number of carboxylic acids is 1. The molecule has 0 spiro atoms. The van der Waals surface area contributed by atoms with Gasteiger partial charge in [0.15, 0.2) is 5.41 Å². The summed E-state index contributed by atoms with van der Waals surface area (Å²) in [5, 5.41) is 12.9. The summed E-state index contributed by atoms with van der Waals surface area (Å²) in [5.41, 5.74) is -1.96. The monoisotopic (exact) mass is 244 g/mol. The third kappa shape index (κ3) is 1.71. The fourth-order valence-electron chi connectivity index (χ4n) is 2.02. The Hall–Kier alpha value is -1.46. The minimum Gasteiger partial charge on any atom is -0.480 e. The topological polar surface area (TPSA) is 55.1 Å². The molecule has 0 radical (unpaired) electrons. The van der Waals surface area contributed by atoms with Crippen molar-refractivity contribution in [2.45, 2.75) is 38.2 Å². The van der Waals surface area contributed by atoms with Crippen molar-refractivity contribution in [1.29, 1.82) is 0 Å². The number of carboxylic acid groups (broad SMARTS) is 1. The van der Waals surface area contributed by atoms with Gasteiger partial charge in [0.1, 0.15) is 0 Å². The van der Waals surface area contributed by atoms with Crippen LogP contribution < -0.4 is 0 Å². The van der Waals surface area contributed by atoms with Crippen LogP contribution in [0.4, 0.5) is 8.78 Å². The highest BCUT2D eigenvalue weighted by Gasteiger charge is 2.77. The Morgan fingerprint density at radius 2 is 2.24 bits per heavy atom. The first kappa shape index (κ1) is 12.0. The highest BCUT2D eigenvalue weighted by Crippen LogP contribution is 2.61. The minimum atomic E-state index is -3.16. The molecular weight excluding hydrogens is 230 g/mol. The maximum atomic E-state index is 13.2. The lowest BCUT2D eigenvalue weighted by Gasteiger charge is -2.08. The van der Waals surface area contributed by atoms with Crippen molar-refractivity contribution in [2.24, 2.45) is 5.92 Å². The molecule has 1 aliphatic carbocycles. The fourth-order valence-corrected chi connectivity index (χ4v) is 2.02. The third-order valence-electron chi connectivity index (χ3n) is 3.03. The number of halogens is 2. The molecule has 0 bridgehead atoms. The molecule has 1 aromatic rings. The van der Waals surface area contributed by atoms with Gasteiger partial charge in [-0.25, -0.2) is 8.78 Å². The zero-order valence-electron chi connectivity index (χ0n) is 9.65. The summed E-state index contributed by atoms with van der Waals surface area (Å²) in [7, 11) is 0. The van der Waals surface area contributed by atoms with E-state index in [1.807, 2.05) is 13.8 Å². The van der Waals surface area contributed by atoms with E-state index in [1.54, 1.807) is 0 Å². The summed E-state index contributed by atoms with van der Waals surface area (Å²) >= 11 is 0. The Morgan fingerprint density at radius 1 is 1.65 bits per heavy atom. The van der Waals surface area contributed by atoms with Gasteiger partial charge in [-0.2, -0.15) is 5.10 Å². The van der Waals surface area contributed by atoms with Crippen molar-refractivity contribution in [3.8, 4) is 0 Å².